The summed E-state index contributed by atoms with van der Waals surface area (Å²) >= 11 is 0. The fourth-order valence-corrected chi connectivity index (χ4v) is 1.93. The molecule has 116 valence electrons. The first-order valence-electron chi connectivity index (χ1n) is 6.73. The summed E-state index contributed by atoms with van der Waals surface area (Å²) in [6.07, 6.45) is 1.54. The molecule has 0 atom stereocenters. The third-order valence-corrected chi connectivity index (χ3v) is 3.10. The Morgan fingerprint density at radius 1 is 1.13 bits per heavy atom. The molecule has 0 radical (unpaired) electrons. The number of aromatic nitrogens is 3. The fraction of sp³-hybridized carbons (Fsp3) is 0.125. The van der Waals surface area contributed by atoms with E-state index < -0.39 is 11.8 Å². The van der Waals surface area contributed by atoms with Gasteiger partial charge in [-0.05, 0) is 12.1 Å². The summed E-state index contributed by atoms with van der Waals surface area (Å²) < 4.78 is 30.7. The molecule has 2 aromatic heterocycles. The Hall–Kier alpha value is -2.96. The van der Waals surface area contributed by atoms with Crippen molar-refractivity contribution >= 4 is 5.78 Å². The summed E-state index contributed by atoms with van der Waals surface area (Å²) in [4.78, 5) is 19.9. The largest absolute Gasteiger partial charge is 0.332 e. The Morgan fingerprint density at radius 2 is 1.87 bits per heavy atom. The van der Waals surface area contributed by atoms with Crippen LogP contribution in [0.15, 0.2) is 53.2 Å². The maximum Gasteiger partial charge on any atom is 0.322 e. The van der Waals surface area contributed by atoms with Crippen molar-refractivity contribution in [2.75, 3.05) is 0 Å². The number of ketones is 1. The monoisotopic (exact) mass is 315 g/mol. The molecule has 0 aliphatic heterocycles. The van der Waals surface area contributed by atoms with E-state index in [2.05, 4.69) is 19.6 Å². The van der Waals surface area contributed by atoms with Gasteiger partial charge in [0.05, 0.1) is 0 Å². The molecule has 1 aromatic carbocycles. The molecule has 0 aliphatic rings. The summed E-state index contributed by atoms with van der Waals surface area (Å²) in [6.45, 7) is 0.679. The Morgan fingerprint density at radius 3 is 2.43 bits per heavy atom. The molecule has 0 amide bonds. The van der Waals surface area contributed by atoms with Crippen LogP contribution in [-0.4, -0.2) is 20.9 Å². The van der Waals surface area contributed by atoms with Gasteiger partial charge in [0.25, 0.3) is 5.89 Å². The van der Waals surface area contributed by atoms with E-state index in [1.807, 2.05) is 0 Å². The van der Waals surface area contributed by atoms with Gasteiger partial charge in [-0.15, -0.1) is 0 Å². The lowest BCUT2D eigenvalue weighted by molar-refractivity contribution is -0.0158. The highest BCUT2D eigenvalue weighted by Crippen LogP contribution is 2.27. The Labute approximate surface area is 130 Å². The molecule has 0 unspecified atom stereocenters. The number of pyridine rings is 1. The van der Waals surface area contributed by atoms with E-state index in [0.717, 1.165) is 0 Å². The number of hydrogen-bond acceptors (Lipinski definition) is 5. The molecule has 7 heteroatoms. The topological polar surface area (TPSA) is 68.9 Å². The number of carbonyl (C=O) groups is 1. The van der Waals surface area contributed by atoms with E-state index >= 15 is 0 Å². The Kier molecular flexibility index (Phi) is 3.69. The summed E-state index contributed by atoms with van der Waals surface area (Å²) in [5.41, 5.74) is 1.23. The van der Waals surface area contributed by atoms with Crippen molar-refractivity contribution in [2.24, 2.45) is 0 Å². The van der Waals surface area contributed by atoms with Crippen LogP contribution in [0.3, 0.4) is 0 Å². The molecule has 0 saturated carbocycles. The number of halogens is 2. The molecule has 0 saturated heterocycles. The van der Waals surface area contributed by atoms with Gasteiger partial charge in [-0.25, -0.2) is 0 Å². The van der Waals surface area contributed by atoms with Gasteiger partial charge in [0.2, 0.25) is 11.6 Å². The zero-order chi connectivity index (χ0) is 16.4. The van der Waals surface area contributed by atoms with Gasteiger partial charge < -0.3 is 4.52 Å². The van der Waals surface area contributed by atoms with Crippen LogP contribution < -0.4 is 0 Å². The minimum Gasteiger partial charge on any atom is -0.332 e. The number of benzene rings is 1. The van der Waals surface area contributed by atoms with E-state index in [0.29, 0.717) is 23.7 Å². The summed E-state index contributed by atoms with van der Waals surface area (Å²) in [5.74, 6) is -4.13. The number of rotatable bonds is 4. The molecule has 23 heavy (non-hydrogen) atoms. The molecule has 0 aliphatic carbocycles. The predicted octanol–water partition coefficient (Wildman–Crippen LogP) is 3.47. The Bertz CT molecular complexity index is 825. The minimum absolute atomic E-state index is 0.0401. The quantitative estimate of drug-likeness (QED) is 0.689. The summed E-state index contributed by atoms with van der Waals surface area (Å²) in [6, 6.07) is 11.3. The molecular weight excluding hydrogens is 304 g/mol. The molecule has 0 N–H and O–H groups in total. The lowest BCUT2D eigenvalue weighted by Crippen LogP contribution is -2.07. The van der Waals surface area contributed by atoms with Crippen LogP contribution in [0.4, 0.5) is 8.78 Å². The average molecular weight is 315 g/mol. The van der Waals surface area contributed by atoms with Crippen molar-refractivity contribution in [3.05, 3.63) is 65.8 Å². The summed E-state index contributed by atoms with van der Waals surface area (Å²) in [7, 11) is 0. The van der Waals surface area contributed by atoms with Gasteiger partial charge in [0.15, 0.2) is 0 Å². The van der Waals surface area contributed by atoms with Gasteiger partial charge in [-0.1, -0.05) is 35.5 Å². The van der Waals surface area contributed by atoms with Crippen LogP contribution in [0, 0.1) is 0 Å². The van der Waals surface area contributed by atoms with Crippen molar-refractivity contribution in [3.63, 3.8) is 0 Å². The highest BCUT2D eigenvalue weighted by Gasteiger charge is 2.32. The van der Waals surface area contributed by atoms with Crippen molar-refractivity contribution in [3.8, 4) is 11.4 Å². The van der Waals surface area contributed by atoms with Gasteiger partial charge in [-0.2, -0.15) is 13.8 Å². The number of carbonyl (C=O) groups excluding carboxylic acids is 1. The number of hydrogen-bond donors (Lipinski definition) is 0. The maximum atomic E-state index is 13.1. The van der Waals surface area contributed by atoms with E-state index in [1.165, 1.54) is 6.20 Å². The smallest absolute Gasteiger partial charge is 0.322 e. The van der Waals surface area contributed by atoms with Crippen LogP contribution >= 0.6 is 0 Å². The third kappa shape index (κ3) is 3.13. The third-order valence-electron chi connectivity index (χ3n) is 3.10. The minimum atomic E-state index is -3.19. The predicted molar refractivity (Wildman–Crippen MR) is 77.0 cm³/mol. The normalized spacial score (nSPS) is 11.4. The highest BCUT2D eigenvalue weighted by atomic mass is 19.3. The number of nitrogens with zero attached hydrogens (tertiary/aromatic N) is 3. The van der Waals surface area contributed by atoms with E-state index in [9.17, 15) is 13.6 Å². The van der Waals surface area contributed by atoms with Gasteiger partial charge in [-0.3, -0.25) is 9.78 Å². The highest BCUT2D eigenvalue weighted by molar-refractivity contribution is 6.07. The lowest BCUT2D eigenvalue weighted by atomic mass is 10.1. The molecule has 2 heterocycles. The summed E-state index contributed by atoms with van der Waals surface area (Å²) in [5, 5.41) is 3.52. The van der Waals surface area contributed by atoms with Crippen molar-refractivity contribution < 1.29 is 18.1 Å². The first-order chi connectivity index (χ1) is 10.9. The van der Waals surface area contributed by atoms with Gasteiger partial charge in [0.1, 0.15) is 5.69 Å². The first kappa shape index (κ1) is 15.0. The molecule has 0 bridgehead atoms. The van der Waals surface area contributed by atoms with Gasteiger partial charge >= 0.3 is 5.92 Å². The van der Waals surface area contributed by atoms with Crippen LogP contribution in [-0.2, 0) is 5.92 Å². The Balaban J connectivity index is 1.85. The van der Waals surface area contributed by atoms with E-state index in [1.54, 1.807) is 42.5 Å². The molecular formula is C16H11F2N3O2. The SMILES string of the molecule is CC(F)(F)c1nc(-c2ccc(C(=O)c3ccccn3)cc2)no1. The molecule has 0 fully saturated rings. The zero-order valence-electron chi connectivity index (χ0n) is 12.0. The maximum absolute atomic E-state index is 13.1. The first-order valence-corrected chi connectivity index (χ1v) is 6.73. The average Bonchev–Trinajstić information content (AvgIpc) is 3.05. The molecule has 3 aromatic rings. The van der Waals surface area contributed by atoms with Crippen molar-refractivity contribution in [1.29, 1.82) is 0 Å². The molecule has 5 nitrogen and oxygen atoms in total. The molecule has 0 spiro atoms. The van der Waals surface area contributed by atoms with E-state index in [4.69, 9.17) is 0 Å². The van der Waals surface area contributed by atoms with E-state index in [-0.39, 0.29) is 11.6 Å². The second kappa shape index (κ2) is 5.68. The van der Waals surface area contributed by atoms with Crippen LogP contribution in [0.1, 0.15) is 28.9 Å². The van der Waals surface area contributed by atoms with Crippen LogP contribution in [0.25, 0.3) is 11.4 Å². The standard InChI is InChI=1S/C16H11F2N3O2/c1-16(17,18)15-20-14(21-23-15)11-7-5-10(6-8-11)13(22)12-4-2-3-9-19-12/h2-9H,1H3. The van der Waals surface area contributed by atoms with Crippen molar-refractivity contribution in [1.82, 2.24) is 15.1 Å². The van der Waals surface area contributed by atoms with Crippen LogP contribution in [0.2, 0.25) is 0 Å². The van der Waals surface area contributed by atoms with Gasteiger partial charge in [0, 0.05) is 24.2 Å². The van der Waals surface area contributed by atoms with Crippen molar-refractivity contribution in [2.45, 2.75) is 12.8 Å². The fourth-order valence-electron chi connectivity index (χ4n) is 1.93. The molecule has 3 rings (SSSR count). The van der Waals surface area contributed by atoms with Crippen LogP contribution in [0.5, 0.6) is 0 Å². The zero-order valence-corrected chi connectivity index (χ0v) is 12.0. The lowest BCUT2D eigenvalue weighted by Gasteiger charge is -2.02. The second-order valence-electron chi connectivity index (χ2n) is 4.93. The second-order valence-corrected chi connectivity index (χ2v) is 4.93. The number of alkyl halides is 2.